The second kappa shape index (κ2) is 7.78. The van der Waals surface area contributed by atoms with E-state index < -0.39 is 8.80 Å². The number of aliphatic hydroxyl groups excluding tert-OH is 1. The fourth-order valence-corrected chi connectivity index (χ4v) is 3.94. The van der Waals surface area contributed by atoms with Crippen LogP contribution in [0, 0.1) is 0 Å². The fraction of sp³-hybridized carbons (Fsp3) is 1.00. The molecule has 1 N–H and O–H groups in total. The molecule has 80 valence electrons. The molecule has 0 atom stereocenters. The lowest BCUT2D eigenvalue weighted by molar-refractivity contribution is 0.125. The van der Waals surface area contributed by atoms with Gasteiger partial charge in [-0.1, -0.05) is 0 Å². The van der Waals surface area contributed by atoms with Gasteiger partial charge in [0.05, 0.1) is 6.61 Å². The van der Waals surface area contributed by atoms with Crippen LogP contribution in [0.5, 0.6) is 0 Å². The van der Waals surface area contributed by atoms with Crippen molar-refractivity contribution in [1.29, 1.82) is 0 Å². The molecule has 0 aliphatic rings. The first-order valence-corrected chi connectivity index (χ1v) is 7.17. The molecule has 0 amide bonds. The quantitative estimate of drug-likeness (QED) is 0.485. The average molecular weight is 226 g/mol. The van der Waals surface area contributed by atoms with Crippen LogP contribution < -0.4 is 0 Å². The Kier molecular flexibility index (Phi) is 8.02. The monoisotopic (exact) mass is 226 g/mol. The third-order valence-electron chi connectivity index (χ3n) is 1.72. The van der Waals surface area contributed by atoms with Gasteiger partial charge in [-0.2, -0.15) is 11.8 Å². The first-order chi connectivity index (χ1) is 6.24. The maximum atomic E-state index is 8.56. The molecule has 13 heavy (non-hydrogen) atoms. The Bertz CT molecular complexity index is 113. The molecule has 0 aromatic heterocycles. The third kappa shape index (κ3) is 4.99. The predicted molar refractivity (Wildman–Crippen MR) is 56.0 cm³/mol. The average Bonchev–Trinajstić information content (AvgIpc) is 2.20. The van der Waals surface area contributed by atoms with Crippen LogP contribution in [0.1, 0.15) is 0 Å². The predicted octanol–water partition coefficient (Wildman–Crippen LogP) is 0.590. The van der Waals surface area contributed by atoms with Crippen molar-refractivity contribution in [3.8, 4) is 0 Å². The van der Waals surface area contributed by atoms with Crippen molar-refractivity contribution in [3.05, 3.63) is 0 Å². The van der Waals surface area contributed by atoms with Crippen molar-refractivity contribution in [2.75, 3.05) is 39.4 Å². The van der Waals surface area contributed by atoms with Gasteiger partial charge >= 0.3 is 8.80 Å². The SMILES string of the molecule is CO[Si](CCSCCO)(OC)OC. The number of hydrogen-bond acceptors (Lipinski definition) is 5. The number of rotatable bonds is 8. The molecule has 0 heterocycles. The van der Waals surface area contributed by atoms with Crippen LogP contribution in [0.25, 0.3) is 0 Å². The van der Waals surface area contributed by atoms with Gasteiger partial charge in [-0.15, -0.1) is 0 Å². The molecular weight excluding hydrogens is 208 g/mol. The van der Waals surface area contributed by atoms with E-state index in [2.05, 4.69) is 0 Å². The normalized spacial score (nSPS) is 12.0. The summed E-state index contributed by atoms with van der Waals surface area (Å²) in [5.41, 5.74) is 0. The van der Waals surface area contributed by atoms with Gasteiger partial charge < -0.3 is 18.4 Å². The van der Waals surface area contributed by atoms with Gasteiger partial charge in [-0.05, 0) is 5.75 Å². The smallest absolute Gasteiger partial charge is 0.396 e. The van der Waals surface area contributed by atoms with E-state index in [1.54, 1.807) is 33.1 Å². The first kappa shape index (κ1) is 13.4. The van der Waals surface area contributed by atoms with Crippen LogP contribution in [0.4, 0.5) is 0 Å². The van der Waals surface area contributed by atoms with Gasteiger partial charge in [0.25, 0.3) is 0 Å². The summed E-state index contributed by atoms with van der Waals surface area (Å²) in [6.07, 6.45) is 0. The van der Waals surface area contributed by atoms with Crippen molar-refractivity contribution < 1.29 is 18.4 Å². The van der Waals surface area contributed by atoms with Crippen molar-refractivity contribution in [3.63, 3.8) is 0 Å². The molecule has 0 spiro atoms. The number of thioether (sulfide) groups is 1. The van der Waals surface area contributed by atoms with Crippen LogP contribution in [0.2, 0.25) is 6.04 Å². The Hall–Kier alpha value is 0.407. The Morgan fingerprint density at radius 2 is 1.62 bits per heavy atom. The van der Waals surface area contributed by atoms with E-state index in [1.165, 1.54) is 0 Å². The zero-order valence-electron chi connectivity index (χ0n) is 8.41. The van der Waals surface area contributed by atoms with E-state index in [9.17, 15) is 0 Å². The Morgan fingerprint density at radius 1 is 1.08 bits per heavy atom. The van der Waals surface area contributed by atoms with Gasteiger partial charge in [0.2, 0.25) is 0 Å². The molecule has 6 heteroatoms. The Balaban J connectivity index is 3.68. The molecule has 0 saturated carbocycles. The van der Waals surface area contributed by atoms with E-state index in [0.29, 0.717) is 0 Å². The van der Waals surface area contributed by atoms with Crippen molar-refractivity contribution in [1.82, 2.24) is 0 Å². The maximum Gasteiger partial charge on any atom is 0.500 e. The molecule has 0 rings (SSSR count). The molecule has 4 nitrogen and oxygen atoms in total. The number of hydrogen-bond donors (Lipinski definition) is 1. The molecule has 0 aliphatic carbocycles. The highest BCUT2D eigenvalue weighted by Crippen LogP contribution is 2.16. The van der Waals surface area contributed by atoms with E-state index in [0.717, 1.165) is 17.5 Å². The summed E-state index contributed by atoms with van der Waals surface area (Å²) in [4.78, 5) is 0. The lowest BCUT2D eigenvalue weighted by atomic mass is 10.9. The first-order valence-electron chi connectivity index (χ1n) is 4.08. The Morgan fingerprint density at radius 3 is 2.00 bits per heavy atom. The Labute approximate surface area is 84.9 Å². The van der Waals surface area contributed by atoms with E-state index in [4.69, 9.17) is 18.4 Å². The topological polar surface area (TPSA) is 47.9 Å². The highest BCUT2D eigenvalue weighted by molar-refractivity contribution is 7.99. The zero-order chi connectivity index (χ0) is 10.2. The standard InChI is InChI=1S/C7H18O4SSi/c1-9-13(10-2,11-3)7-6-12-5-4-8/h8H,4-7H2,1-3H3. The molecule has 0 aromatic rings. The molecular formula is C7H18O4SSi. The summed E-state index contributed by atoms with van der Waals surface area (Å²) < 4.78 is 15.7. The van der Waals surface area contributed by atoms with Gasteiger partial charge in [-0.25, -0.2) is 0 Å². The lowest BCUT2D eigenvalue weighted by Crippen LogP contribution is -2.43. The molecule has 0 fully saturated rings. The summed E-state index contributed by atoms with van der Waals surface area (Å²) in [6.45, 7) is 0.214. The van der Waals surface area contributed by atoms with Crippen molar-refractivity contribution in [2.24, 2.45) is 0 Å². The molecule has 0 radical (unpaired) electrons. The maximum absolute atomic E-state index is 8.56. The molecule has 0 bridgehead atoms. The van der Waals surface area contributed by atoms with Crippen LogP contribution >= 0.6 is 11.8 Å². The summed E-state index contributed by atoms with van der Waals surface area (Å²) in [5, 5.41) is 8.56. The van der Waals surface area contributed by atoms with Crippen LogP contribution in [-0.4, -0.2) is 53.4 Å². The molecule has 0 unspecified atom stereocenters. The van der Waals surface area contributed by atoms with Crippen molar-refractivity contribution in [2.45, 2.75) is 6.04 Å². The lowest BCUT2D eigenvalue weighted by Gasteiger charge is -2.23. The van der Waals surface area contributed by atoms with E-state index in [1.807, 2.05) is 0 Å². The van der Waals surface area contributed by atoms with Crippen molar-refractivity contribution >= 4 is 20.6 Å². The largest absolute Gasteiger partial charge is 0.500 e. The molecule has 0 saturated heterocycles. The van der Waals surface area contributed by atoms with Crippen LogP contribution in [0.15, 0.2) is 0 Å². The van der Waals surface area contributed by atoms with Gasteiger partial charge in [0.15, 0.2) is 0 Å². The summed E-state index contributed by atoms with van der Waals surface area (Å²) in [5.74, 6) is 1.64. The minimum atomic E-state index is -2.37. The van der Waals surface area contributed by atoms with Gasteiger partial charge in [-0.3, -0.25) is 0 Å². The van der Waals surface area contributed by atoms with Crippen LogP contribution in [0.3, 0.4) is 0 Å². The third-order valence-corrected chi connectivity index (χ3v) is 5.78. The number of aliphatic hydroxyl groups is 1. The second-order valence-electron chi connectivity index (χ2n) is 2.38. The zero-order valence-corrected chi connectivity index (χ0v) is 10.2. The van der Waals surface area contributed by atoms with Crippen LogP contribution in [-0.2, 0) is 13.3 Å². The molecule has 0 aliphatic heterocycles. The minimum absolute atomic E-state index is 0.214. The second-order valence-corrected chi connectivity index (χ2v) is 6.70. The fourth-order valence-electron chi connectivity index (χ4n) is 0.920. The highest BCUT2D eigenvalue weighted by atomic mass is 32.2. The van der Waals surface area contributed by atoms with E-state index in [-0.39, 0.29) is 6.61 Å². The molecule has 0 aromatic carbocycles. The summed E-state index contributed by atoms with van der Waals surface area (Å²) in [6, 6.07) is 0.779. The minimum Gasteiger partial charge on any atom is -0.396 e. The summed E-state index contributed by atoms with van der Waals surface area (Å²) >= 11 is 1.67. The summed E-state index contributed by atoms with van der Waals surface area (Å²) in [7, 11) is 2.45. The van der Waals surface area contributed by atoms with Gasteiger partial charge in [0, 0.05) is 33.1 Å². The highest BCUT2D eigenvalue weighted by Gasteiger charge is 2.36. The van der Waals surface area contributed by atoms with Gasteiger partial charge in [0.1, 0.15) is 0 Å². The van der Waals surface area contributed by atoms with E-state index >= 15 is 0 Å².